The van der Waals surface area contributed by atoms with Gasteiger partial charge < -0.3 is 14.5 Å². The van der Waals surface area contributed by atoms with Gasteiger partial charge in [0.25, 0.3) is 0 Å². The van der Waals surface area contributed by atoms with Crippen LogP contribution in [0.1, 0.15) is 29.3 Å². The third-order valence-electron chi connectivity index (χ3n) is 11.9. The van der Waals surface area contributed by atoms with E-state index in [1.54, 1.807) is 0 Å². The monoisotopic (exact) mass is 721 g/mol. The molecule has 0 amide bonds. The van der Waals surface area contributed by atoms with Crippen LogP contribution in [0.3, 0.4) is 0 Å². The number of anilines is 1. The first-order valence-electron chi connectivity index (χ1n) is 19.2. The summed E-state index contributed by atoms with van der Waals surface area (Å²) in [7, 11) is 0. The zero-order valence-electron chi connectivity index (χ0n) is 30.0. The van der Waals surface area contributed by atoms with E-state index < -0.39 is 0 Å². The molecule has 260 valence electrons. The fourth-order valence-electron chi connectivity index (χ4n) is 9.31. The van der Waals surface area contributed by atoms with E-state index in [9.17, 15) is 0 Å². The van der Waals surface area contributed by atoms with E-state index in [0.717, 1.165) is 12.8 Å². The van der Waals surface area contributed by atoms with Crippen molar-refractivity contribution in [1.82, 2.24) is 9.13 Å². The van der Waals surface area contributed by atoms with Crippen LogP contribution in [0.4, 0.5) is 5.69 Å². The van der Waals surface area contributed by atoms with Crippen molar-refractivity contribution in [1.29, 1.82) is 0 Å². The van der Waals surface area contributed by atoms with Gasteiger partial charge in [-0.2, -0.15) is 0 Å². The first-order chi connectivity index (χ1) is 27.3. The maximum Gasteiger partial charge on any atom is 0.103 e. The molecule has 1 N–H and O–H groups in total. The summed E-state index contributed by atoms with van der Waals surface area (Å²) < 4.78 is 4.91. The van der Waals surface area contributed by atoms with Crippen LogP contribution in [0.15, 0.2) is 181 Å². The summed E-state index contributed by atoms with van der Waals surface area (Å²) in [5.74, 6) is 0. The van der Waals surface area contributed by atoms with Crippen LogP contribution in [0.25, 0.3) is 82.1 Å². The third-order valence-corrected chi connectivity index (χ3v) is 13.1. The number of fused-ring (bicyclic) bond motifs is 11. The second kappa shape index (κ2) is 12.0. The van der Waals surface area contributed by atoms with Gasteiger partial charge in [0.1, 0.15) is 5.37 Å². The molecule has 0 radical (unpaired) electrons. The molecule has 10 aromatic rings. The maximum absolute atomic E-state index is 3.88. The third kappa shape index (κ3) is 4.71. The van der Waals surface area contributed by atoms with Crippen molar-refractivity contribution in [2.75, 3.05) is 5.32 Å². The lowest BCUT2D eigenvalue weighted by Crippen LogP contribution is -2.01. The number of benzene rings is 8. The van der Waals surface area contributed by atoms with Gasteiger partial charge in [-0.1, -0.05) is 133 Å². The van der Waals surface area contributed by atoms with Crippen molar-refractivity contribution in [2.24, 2.45) is 0 Å². The number of thioether (sulfide) groups is 1. The number of hydrogen-bond acceptors (Lipinski definition) is 2. The average Bonchev–Trinajstić information content (AvgIpc) is 3.94. The summed E-state index contributed by atoms with van der Waals surface area (Å²) in [4.78, 5) is 1.31. The lowest BCUT2D eigenvalue weighted by Gasteiger charge is -2.18. The normalized spacial score (nSPS) is 15.6. The van der Waals surface area contributed by atoms with Crippen LogP contribution in [-0.2, 0) is 0 Å². The van der Waals surface area contributed by atoms with Crippen LogP contribution in [-0.4, -0.2) is 9.13 Å². The number of para-hydroxylation sites is 3. The molecule has 0 spiro atoms. The highest BCUT2D eigenvalue weighted by atomic mass is 32.2. The number of nitrogens with one attached hydrogen (secondary N) is 1. The highest BCUT2D eigenvalue weighted by molar-refractivity contribution is 8.00. The Balaban J connectivity index is 0.945. The smallest absolute Gasteiger partial charge is 0.103 e. The van der Waals surface area contributed by atoms with Crippen molar-refractivity contribution in [3.63, 3.8) is 0 Å². The minimum atomic E-state index is 0.210. The number of allylic oxidation sites excluding steroid dienone is 4. The molecule has 1 atom stereocenters. The summed E-state index contributed by atoms with van der Waals surface area (Å²) in [6.07, 6.45) is 6.68. The summed E-state index contributed by atoms with van der Waals surface area (Å²) in [6, 6.07) is 60.4. The van der Waals surface area contributed by atoms with Gasteiger partial charge >= 0.3 is 0 Å². The van der Waals surface area contributed by atoms with Gasteiger partial charge in [0.2, 0.25) is 0 Å². The number of aromatic nitrogens is 2. The van der Waals surface area contributed by atoms with E-state index in [-0.39, 0.29) is 5.37 Å². The lowest BCUT2D eigenvalue weighted by molar-refractivity contribution is 0.992. The van der Waals surface area contributed by atoms with Crippen LogP contribution in [0.2, 0.25) is 0 Å². The zero-order chi connectivity index (χ0) is 36.0. The molecule has 1 unspecified atom stereocenters. The molecule has 8 aromatic carbocycles. The number of nitrogens with zero attached hydrogens (tertiary/aromatic N) is 2. The minimum absolute atomic E-state index is 0.210. The minimum Gasteiger partial charge on any atom is -0.368 e. The quantitative estimate of drug-likeness (QED) is 0.183. The molecule has 3 nitrogen and oxygen atoms in total. The Labute approximate surface area is 322 Å². The Hall–Kier alpha value is -6.49. The molecule has 0 bridgehead atoms. The van der Waals surface area contributed by atoms with Crippen molar-refractivity contribution in [3.05, 3.63) is 187 Å². The fraction of sp³-hybridized carbons (Fsp3) is 0.0588. The van der Waals surface area contributed by atoms with Crippen LogP contribution < -0.4 is 5.32 Å². The molecule has 12 rings (SSSR count). The topological polar surface area (TPSA) is 21.9 Å². The number of hydrogen-bond donors (Lipinski definition) is 1. The molecule has 1 aliphatic heterocycles. The predicted octanol–water partition coefficient (Wildman–Crippen LogP) is 14.1. The second-order valence-electron chi connectivity index (χ2n) is 14.9. The van der Waals surface area contributed by atoms with Crippen molar-refractivity contribution < 1.29 is 0 Å². The summed E-state index contributed by atoms with van der Waals surface area (Å²) in [5, 5.41) is 14.4. The van der Waals surface area contributed by atoms with Crippen molar-refractivity contribution in [3.8, 4) is 5.69 Å². The fourth-order valence-corrected chi connectivity index (χ4v) is 10.5. The standard InChI is InChI=1S/C51H35N3S/c1-2-10-34(11-3-1)51-52-50-48(55-51)29-23-33-18-19-36-30-38(26-27-39(36)49(33)50)54-46-17-9-6-14-42(46)43-31-35(22-28-47(43)54)32-20-24-37(25-21-32)53-44-15-7-4-12-40(44)41-13-5-8-16-45(41)53/h1-20,22-24,26-31,51-52H,21,25H2. The molecule has 0 saturated heterocycles. The maximum atomic E-state index is 3.88. The Morgan fingerprint density at radius 1 is 0.491 bits per heavy atom. The summed E-state index contributed by atoms with van der Waals surface area (Å²) in [5.41, 5.74) is 12.8. The van der Waals surface area contributed by atoms with Gasteiger partial charge in [-0.15, -0.1) is 0 Å². The van der Waals surface area contributed by atoms with Gasteiger partial charge in [-0.25, -0.2) is 0 Å². The molecule has 3 heterocycles. The first kappa shape index (κ1) is 30.9. The first-order valence-corrected chi connectivity index (χ1v) is 20.0. The summed E-state index contributed by atoms with van der Waals surface area (Å²) >= 11 is 1.90. The van der Waals surface area contributed by atoms with Crippen LogP contribution in [0, 0.1) is 0 Å². The van der Waals surface area contributed by atoms with Gasteiger partial charge in [0.15, 0.2) is 0 Å². The molecule has 2 aromatic heterocycles. The predicted molar refractivity (Wildman–Crippen MR) is 235 cm³/mol. The average molecular weight is 722 g/mol. The molecule has 4 heteroatoms. The molecule has 55 heavy (non-hydrogen) atoms. The molecular weight excluding hydrogens is 687 g/mol. The van der Waals surface area contributed by atoms with Crippen LogP contribution in [0.5, 0.6) is 0 Å². The molecular formula is C51H35N3S. The SMILES string of the molecule is C1=C(c2ccc3c(c2)c2ccccc2n3-c2ccc3c(ccc4ccc5c(c43)NC(c3ccccc3)S5)c2)CCC(n2c3ccccc3c3ccccc32)=C1. The zero-order valence-corrected chi connectivity index (χ0v) is 30.9. The molecule has 0 fully saturated rings. The Kier molecular flexibility index (Phi) is 6.75. The molecule has 2 aliphatic rings. The van der Waals surface area contributed by atoms with E-state index >= 15 is 0 Å². The largest absolute Gasteiger partial charge is 0.368 e. The second-order valence-corrected chi connectivity index (χ2v) is 16.0. The van der Waals surface area contributed by atoms with Gasteiger partial charge in [-0.05, 0) is 100 Å². The van der Waals surface area contributed by atoms with Gasteiger partial charge in [-0.3, -0.25) is 0 Å². The Morgan fingerprint density at radius 2 is 1.15 bits per heavy atom. The van der Waals surface area contributed by atoms with Gasteiger partial charge in [0, 0.05) is 43.2 Å². The number of rotatable bonds is 4. The lowest BCUT2D eigenvalue weighted by atomic mass is 9.94. The molecule has 0 saturated carbocycles. The van der Waals surface area contributed by atoms with Crippen molar-refractivity contribution >= 4 is 93.9 Å². The van der Waals surface area contributed by atoms with Crippen molar-refractivity contribution in [2.45, 2.75) is 23.1 Å². The van der Waals surface area contributed by atoms with Crippen LogP contribution >= 0.6 is 11.8 Å². The molecule has 1 aliphatic carbocycles. The highest BCUT2D eigenvalue weighted by Gasteiger charge is 2.26. The van der Waals surface area contributed by atoms with E-state index in [1.165, 1.54) is 104 Å². The Bertz CT molecular complexity index is 3220. The van der Waals surface area contributed by atoms with E-state index in [1.807, 2.05) is 11.8 Å². The van der Waals surface area contributed by atoms with Gasteiger partial charge in [0.05, 0.1) is 27.8 Å². The van der Waals surface area contributed by atoms with E-state index in [0.29, 0.717) is 0 Å². The Morgan fingerprint density at radius 3 is 1.89 bits per heavy atom. The summed E-state index contributed by atoms with van der Waals surface area (Å²) in [6.45, 7) is 0. The van der Waals surface area contributed by atoms with E-state index in [2.05, 4.69) is 190 Å². The highest BCUT2D eigenvalue weighted by Crippen LogP contribution is 2.51. The van der Waals surface area contributed by atoms with E-state index in [4.69, 9.17) is 0 Å².